The molecule has 0 aromatic heterocycles. The quantitative estimate of drug-likeness (QED) is 0.144. The van der Waals surface area contributed by atoms with E-state index in [0.29, 0.717) is 0 Å². The maximum absolute atomic E-state index is 11.7. The van der Waals surface area contributed by atoms with Gasteiger partial charge in [0.2, 0.25) is 0 Å². The smallest absolute Gasteiger partial charge is 0.268 e. The first-order valence-electron chi connectivity index (χ1n) is 11.3. The van der Waals surface area contributed by atoms with E-state index in [1.54, 1.807) is 34.1 Å². The van der Waals surface area contributed by atoms with E-state index in [1.807, 2.05) is 0 Å². The van der Waals surface area contributed by atoms with Crippen LogP contribution in [0.4, 0.5) is 0 Å². The van der Waals surface area contributed by atoms with Crippen LogP contribution in [0.3, 0.4) is 0 Å². The number of hydrogen-bond donors (Lipinski definition) is 1. The molecule has 1 aromatic carbocycles. The van der Waals surface area contributed by atoms with Gasteiger partial charge >= 0.3 is 0 Å². The minimum Gasteiger partial charge on any atom is -0.298 e. The van der Waals surface area contributed by atoms with Gasteiger partial charge < -0.3 is 0 Å². The van der Waals surface area contributed by atoms with Crippen LogP contribution in [-0.2, 0) is 66.1 Å². The fourth-order valence-electron chi connectivity index (χ4n) is 3.25. The molecular weight excluding hydrogens is 588 g/mol. The van der Waals surface area contributed by atoms with Gasteiger partial charge in [-0.3, -0.25) is 26.9 Å². The summed E-state index contributed by atoms with van der Waals surface area (Å²) in [6.07, 6.45) is 0.0909. The molecule has 0 fully saturated rings. The van der Waals surface area contributed by atoms with Crippen LogP contribution in [0.25, 0.3) is 0 Å². The highest BCUT2D eigenvalue weighted by Gasteiger charge is 2.18. The molecule has 0 saturated carbocycles. The van der Waals surface area contributed by atoms with Gasteiger partial charge in [0, 0.05) is 32.7 Å². The van der Waals surface area contributed by atoms with Gasteiger partial charge in [0.1, 0.15) is 0 Å². The normalized spacial score (nSPS) is 13.4. The Morgan fingerprint density at radius 2 is 0.895 bits per heavy atom. The Bertz CT molecular complexity index is 1240. The van der Waals surface area contributed by atoms with Crippen molar-refractivity contribution in [3.63, 3.8) is 0 Å². The zero-order chi connectivity index (χ0) is 29.0. The second-order valence-electron chi connectivity index (χ2n) is 8.29. The monoisotopic (exact) mass is 624 g/mol. The minimum absolute atomic E-state index is 0.0205. The van der Waals surface area contributed by atoms with Crippen molar-refractivity contribution in [1.82, 2.24) is 9.80 Å². The first kappa shape index (κ1) is 34.8. The van der Waals surface area contributed by atoms with E-state index in [2.05, 4.69) is 12.5 Å². The zero-order valence-electron chi connectivity index (χ0n) is 21.6. The summed E-state index contributed by atoms with van der Waals surface area (Å²) < 4.78 is 115. The highest BCUT2D eigenvalue weighted by atomic mass is 32.2. The van der Waals surface area contributed by atoms with Gasteiger partial charge in [-0.15, -0.1) is 0 Å². The number of nitrogens with zero attached hydrogens (tertiary/aromatic N) is 2. The summed E-state index contributed by atoms with van der Waals surface area (Å²) in [4.78, 5) is 3.35. The summed E-state index contributed by atoms with van der Waals surface area (Å²) in [7, 11) is -12.3. The lowest BCUT2D eigenvalue weighted by molar-refractivity contribution is 0.276. The molecule has 0 aliphatic heterocycles. The third-order valence-electron chi connectivity index (χ3n) is 5.45. The van der Waals surface area contributed by atoms with E-state index in [1.165, 1.54) is 0 Å². The molecular formula is C20H36N2O12S4. The lowest BCUT2D eigenvalue weighted by atomic mass is 10.1. The summed E-state index contributed by atoms with van der Waals surface area (Å²) >= 11 is 0. The summed E-state index contributed by atoms with van der Waals surface area (Å²) in [5, 5.41) is 0. The molecule has 1 aromatic rings. The SMILES string of the molecule is COS(=O)(=O)CCN(CCCS(=O)(=O)O)Cc1ccc(CN(CCS(=O)(=O)OC)CCS(=O)(=O)OC)cc1. The zero-order valence-corrected chi connectivity index (χ0v) is 24.8. The molecule has 0 saturated heterocycles. The molecule has 1 N–H and O–H groups in total. The Kier molecular flexibility index (Phi) is 14.2. The standard InChI is InChI=1S/C20H36N2O12S4/c1-32-36(26,27)14-10-21(9-4-13-35(23,24)25)17-19-5-7-20(8-6-19)18-22(11-15-37(28,29)33-2)12-16-38(30,31)34-3/h5-8H,4,9-18H2,1-3H3,(H,23,24,25). The molecule has 0 amide bonds. The van der Waals surface area contributed by atoms with Gasteiger partial charge in [0.05, 0.1) is 44.3 Å². The van der Waals surface area contributed by atoms with Crippen molar-refractivity contribution in [2.75, 3.05) is 70.5 Å². The fourth-order valence-corrected chi connectivity index (χ4v) is 5.69. The maximum atomic E-state index is 11.7. The van der Waals surface area contributed by atoms with Crippen LogP contribution in [0.15, 0.2) is 24.3 Å². The Balaban J connectivity index is 2.93. The van der Waals surface area contributed by atoms with Crippen LogP contribution in [0.2, 0.25) is 0 Å². The summed E-state index contributed by atoms with van der Waals surface area (Å²) in [6.45, 7) is 0.838. The van der Waals surface area contributed by atoms with E-state index < -0.39 is 46.2 Å². The molecule has 0 unspecified atom stereocenters. The highest BCUT2D eigenvalue weighted by molar-refractivity contribution is 7.87. The Morgan fingerprint density at radius 1 is 0.579 bits per heavy atom. The van der Waals surface area contributed by atoms with Gasteiger partial charge in [-0.2, -0.15) is 33.7 Å². The highest BCUT2D eigenvalue weighted by Crippen LogP contribution is 2.12. The molecule has 0 heterocycles. The van der Waals surface area contributed by atoms with E-state index in [4.69, 9.17) is 4.55 Å². The van der Waals surface area contributed by atoms with Crippen LogP contribution in [0, 0.1) is 0 Å². The number of rotatable bonds is 20. The first-order chi connectivity index (χ1) is 17.5. The molecule has 0 spiro atoms. The lowest BCUT2D eigenvalue weighted by Crippen LogP contribution is -2.33. The van der Waals surface area contributed by atoms with Gasteiger partial charge in [-0.1, -0.05) is 24.3 Å². The van der Waals surface area contributed by atoms with Crippen LogP contribution in [-0.4, -0.2) is 119 Å². The van der Waals surface area contributed by atoms with Gasteiger partial charge in [0.15, 0.2) is 0 Å². The van der Waals surface area contributed by atoms with Crippen LogP contribution >= 0.6 is 0 Å². The molecule has 222 valence electrons. The average Bonchev–Trinajstić information content (AvgIpc) is 2.84. The van der Waals surface area contributed by atoms with Gasteiger partial charge in [-0.25, -0.2) is 0 Å². The average molecular weight is 625 g/mol. The molecule has 0 atom stereocenters. The second kappa shape index (κ2) is 15.5. The molecule has 1 rings (SSSR count). The number of hydrogen-bond acceptors (Lipinski definition) is 13. The van der Waals surface area contributed by atoms with E-state index in [0.717, 1.165) is 32.5 Å². The first-order valence-corrected chi connectivity index (χ1v) is 17.7. The third kappa shape index (κ3) is 15.4. The Labute approximate surface area is 226 Å². The molecule has 0 aliphatic carbocycles. The second-order valence-corrected chi connectivity index (χ2v) is 15.4. The van der Waals surface area contributed by atoms with Crippen molar-refractivity contribution in [2.45, 2.75) is 19.5 Å². The topological polar surface area (TPSA) is 191 Å². The van der Waals surface area contributed by atoms with E-state index in [-0.39, 0.29) is 62.9 Å². The molecule has 38 heavy (non-hydrogen) atoms. The van der Waals surface area contributed by atoms with Crippen LogP contribution in [0.1, 0.15) is 17.5 Å². The summed E-state index contributed by atoms with van der Waals surface area (Å²) in [6, 6.07) is 7.07. The predicted molar refractivity (Wildman–Crippen MR) is 140 cm³/mol. The van der Waals surface area contributed by atoms with E-state index in [9.17, 15) is 33.7 Å². The van der Waals surface area contributed by atoms with Crippen molar-refractivity contribution in [3.8, 4) is 0 Å². The molecule has 14 nitrogen and oxygen atoms in total. The third-order valence-corrected chi connectivity index (χ3v) is 9.82. The van der Waals surface area contributed by atoms with Crippen molar-refractivity contribution < 1.29 is 50.8 Å². The number of benzene rings is 1. The summed E-state index contributed by atoms with van der Waals surface area (Å²) in [5.41, 5.74) is 1.55. The van der Waals surface area contributed by atoms with Crippen molar-refractivity contribution >= 4 is 40.5 Å². The van der Waals surface area contributed by atoms with Gasteiger partial charge in [-0.05, 0) is 24.1 Å². The predicted octanol–water partition coefficient (Wildman–Crippen LogP) is -0.503. The lowest BCUT2D eigenvalue weighted by Gasteiger charge is -2.23. The Morgan fingerprint density at radius 3 is 1.18 bits per heavy atom. The maximum Gasteiger partial charge on any atom is 0.268 e. The summed E-state index contributed by atoms with van der Waals surface area (Å²) in [5.74, 6) is -1.45. The molecule has 0 aliphatic rings. The van der Waals surface area contributed by atoms with Crippen LogP contribution < -0.4 is 0 Å². The molecule has 0 bridgehead atoms. The van der Waals surface area contributed by atoms with Gasteiger partial charge in [0.25, 0.3) is 40.5 Å². The Hall–Kier alpha value is -1.22. The van der Waals surface area contributed by atoms with Crippen LogP contribution in [0.5, 0.6) is 0 Å². The van der Waals surface area contributed by atoms with Crippen molar-refractivity contribution in [1.29, 1.82) is 0 Å². The van der Waals surface area contributed by atoms with Crippen molar-refractivity contribution in [2.24, 2.45) is 0 Å². The van der Waals surface area contributed by atoms with E-state index >= 15 is 0 Å². The van der Waals surface area contributed by atoms with Crippen molar-refractivity contribution in [3.05, 3.63) is 35.4 Å². The molecule has 18 heteroatoms. The minimum atomic E-state index is -4.15. The molecule has 0 radical (unpaired) electrons. The largest absolute Gasteiger partial charge is 0.298 e. The fraction of sp³-hybridized carbons (Fsp3) is 0.700.